The van der Waals surface area contributed by atoms with Crippen molar-refractivity contribution in [2.45, 2.75) is 52.5 Å². The lowest BCUT2D eigenvalue weighted by Crippen LogP contribution is -2.37. The molecule has 0 radical (unpaired) electrons. The Kier molecular flexibility index (Phi) is 8.62. The van der Waals surface area contributed by atoms with Crippen molar-refractivity contribution in [2.75, 3.05) is 32.7 Å². The van der Waals surface area contributed by atoms with Gasteiger partial charge in [-0.3, -0.25) is 14.5 Å². The van der Waals surface area contributed by atoms with E-state index < -0.39 is 0 Å². The molecule has 0 saturated carbocycles. The van der Waals surface area contributed by atoms with E-state index in [4.69, 9.17) is 0 Å². The van der Waals surface area contributed by atoms with Gasteiger partial charge in [0.15, 0.2) is 0 Å². The van der Waals surface area contributed by atoms with Gasteiger partial charge in [-0.1, -0.05) is 26.0 Å². The van der Waals surface area contributed by atoms with Gasteiger partial charge in [0.25, 0.3) is 5.91 Å². The van der Waals surface area contributed by atoms with Gasteiger partial charge in [0, 0.05) is 31.7 Å². The van der Waals surface area contributed by atoms with E-state index in [0.717, 1.165) is 63.0 Å². The molecule has 1 saturated heterocycles. The van der Waals surface area contributed by atoms with Gasteiger partial charge in [-0.05, 0) is 56.3 Å². The summed E-state index contributed by atoms with van der Waals surface area (Å²) in [5.74, 6) is 0.204. The molecule has 0 aliphatic carbocycles. The summed E-state index contributed by atoms with van der Waals surface area (Å²) in [5, 5.41) is 2.94. The Morgan fingerprint density at radius 1 is 1.12 bits per heavy atom. The number of nitrogens with zero attached hydrogens (tertiary/aromatic N) is 2. The molecule has 0 bridgehead atoms. The second kappa shape index (κ2) is 11.0. The van der Waals surface area contributed by atoms with Crippen LogP contribution in [0.5, 0.6) is 0 Å². The normalized spacial score (nSPS) is 14.5. The van der Waals surface area contributed by atoms with E-state index in [-0.39, 0.29) is 11.8 Å². The Labute approximate surface area is 157 Å². The molecule has 1 aromatic rings. The van der Waals surface area contributed by atoms with E-state index in [2.05, 4.69) is 24.1 Å². The minimum atomic E-state index is 0.0702. The maximum absolute atomic E-state index is 12.7. The molecule has 1 aliphatic heterocycles. The number of carbonyl (C=O) groups is 2. The highest BCUT2D eigenvalue weighted by Crippen LogP contribution is 2.15. The van der Waals surface area contributed by atoms with E-state index in [1.165, 1.54) is 6.42 Å². The van der Waals surface area contributed by atoms with Crippen LogP contribution < -0.4 is 5.32 Å². The molecular weight excluding hydrogens is 326 g/mol. The SMILES string of the molecule is CCCNC(=O)CN(CCC)Cc1cccc(C(=O)N2CCCCC2)c1. The first-order chi connectivity index (χ1) is 12.6. The Bertz CT molecular complexity index is 582. The monoisotopic (exact) mass is 359 g/mol. The van der Waals surface area contributed by atoms with Gasteiger partial charge in [0.2, 0.25) is 5.91 Å². The summed E-state index contributed by atoms with van der Waals surface area (Å²) in [6, 6.07) is 7.88. The predicted molar refractivity (Wildman–Crippen MR) is 105 cm³/mol. The molecule has 2 amide bonds. The van der Waals surface area contributed by atoms with E-state index in [1.807, 2.05) is 29.2 Å². The van der Waals surface area contributed by atoms with E-state index in [1.54, 1.807) is 0 Å². The topological polar surface area (TPSA) is 52.7 Å². The van der Waals surface area contributed by atoms with Gasteiger partial charge in [0.05, 0.1) is 6.54 Å². The largest absolute Gasteiger partial charge is 0.355 e. The molecule has 0 aromatic heterocycles. The first kappa shape index (κ1) is 20.4. The van der Waals surface area contributed by atoms with Crippen molar-refractivity contribution in [3.63, 3.8) is 0 Å². The third kappa shape index (κ3) is 6.45. The molecule has 0 spiro atoms. The Morgan fingerprint density at radius 2 is 1.88 bits per heavy atom. The molecule has 2 rings (SSSR count). The third-order valence-corrected chi connectivity index (χ3v) is 4.70. The summed E-state index contributed by atoms with van der Waals surface area (Å²) in [5.41, 5.74) is 1.85. The highest BCUT2D eigenvalue weighted by molar-refractivity contribution is 5.94. The van der Waals surface area contributed by atoms with E-state index in [0.29, 0.717) is 13.1 Å². The summed E-state index contributed by atoms with van der Waals surface area (Å²) in [6.07, 6.45) is 5.36. The summed E-state index contributed by atoms with van der Waals surface area (Å²) in [6.45, 7) is 8.57. The number of amides is 2. The summed E-state index contributed by atoms with van der Waals surface area (Å²) >= 11 is 0. The first-order valence-electron chi connectivity index (χ1n) is 10.0. The van der Waals surface area contributed by atoms with Crippen LogP contribution in [0.3, 0.4) is 0 Å². The molecule has 0 unspecified atom stereocenters. The maximum atomic E-state index is 12.7. The van der Waals surface area contributed by atoms with Crippen molar-refractivity contribution in [3.05, 3.63) is 35.4 Å². The van der Waals surface area contributed by atoms with Gasteiger partial charge in [-0.25, -0.2) is 0 Å². The molecule has 5 heteroatoms. The highest BCUT2D eigenvalue weighted by Gasteiger charge is 2.18. The number of carbonyl (C=O) groups excluding carboxylic acids is 2. The highest BCUT2D eigenvalue weighted by atomic mass is 16.2. The fourth-order valence-corrected chi connectivity index (χ4v) is 3.39. The Hall–Kier alpha value is -1.88. The van der Waals surface area contributed by atoms with Crippen LogP contribution in [-0.4, -0.2) is 54.3 Å². The molecule has 1 N–H and O–H groups in total. The molecular formula is C21H33N3O2. The zero-order valence-electron chi connectivity index (χ0n) is 16.3. The van der Waals surface area contributed by atoms with Crippen LogP contribution >= 0.6 is 0 Å². The average molecular weight is 360 g/mol. The van der Waals surface area contributed by atoms with Crippen molar-refractivity contribution < 1.29 is 9.59 Å². The van der Waals surface area contributed by atoms with Gasteiger partial charge in [-0.15, -0.1) is 0 Å². The Balaban J connectivity index is 1.99. The van der Waals surface area contributed by atoms with Crippen LogP contribution in [-0.2, 0) is 11.3 Å². The van der Waals surface area contributed by atoms with E-state index >= 15 is 0 Å². The zero-order chi connectivity index (χ0) is 18.8. The van der Waals surface area contributed by atoms with Crippen molar-refractivity contribution in [3.8, 4) is 0 Å². The molecule has 144 valence electrons. The molecule has 5 nitrogen and oxygen atoms in total. The van der Waals surface area contributed by atoms with Gasteiger partial charge in [0.1, 0.15) is 0 Å². The van der Waals surface area contributed by atoms with Gasteiger partial charge in [-0.2, -0.15) is 0 Å². The van der Waals surface area contributed by atoms with E-state index in [9.17, 15) is 9.59 Å². The molecule has 0 atom stereocenters. The smallest absolute Gasteiger partial charge is 0.253 e. The number of rotatable bonds is 9. The fraction of sp³-hybridized carbons (Fsp3) is 0.619. The molecule has 1 aromatic carbocycles. The van der Waals surface area contributed by atoms with Crippen LogP contribution in [0, 0.1) is 0 Å². The zero-order valence-corrected chi connectivity index (χ0v) is 16.3. The summed E-state index contributed by atoms with van der Waals surface area (Å²) in [4.78, 5) is 28.9. The number of piperidine rings is 1. The van der Waals surface area contributed by atoms with Crippen LogP contribution in [0.2, 0.25) is 0 Å². The van der Waals surface area contributed by atoms with Crippen molar-refractivity contribution >= 4 is 11.8 Å². The van der Waals surface area contributed by atoms with Crippen molar-refractivity contribution in [1.29, 1.82) is 0 Å². The number of hydrogen-bond donors (Lipinski definition) is 1. The standard InChI is InChI=1S/C21H33N3O2/c1-3-11-22-20(25)17-23(12-4-2)16-18-9-8-10-19(15-18)21(26)24-13-6-5-7-14-24/h8-10,15H,3-7,11-14,16-17H2,1-2H3,(H,22,25). The second-order valence-corrected chi connectivity index (χ2v) is 7.11. The summed E-state index contributed by atoms with van der Waals surface area (Å²) in [7, 11) is 0. The molecule has 1 fully saturated rings. The lowest BCUT2D eigenvalue weighted by atomic mass is 10.1. The second-order valence-electron chi connectivity index (χ2n) is 7.11. The molecule has 26 heavy (non-hydrogen) atoms. The van der Waals surface area contributed by atoms with Gasteiger partial charge >= 0.3 is 0 Å². The van der Waals surface area contributed by atoms with Crippen LogP contribution in [0.25, 0.3) is 0 Å². The minimum Gasteiger partial charge on any atom is -0.355 e. The van der Waals surface area contributed by atoms with Gasteiger partial charge < -0.3 is 10.2 Å². The van der Waals surface area contributed by atoms with Crippen LogP contribution in [0.15, 0.2) is 24.3 Å². The van der Waals surface area contributed by atoms with Crippen LogP contribution in [0.4, 0.5) is 0 Å². The Morgan fingerprint density at radius 3 is 2.58 bits per heavy atom. The average Bonchev–Trinajstić information content (AvgIpc) is 2.67. The quantitative estimate of drug-likeness (QED) is 0.737. The lowest BCUT2D eigenvalue weighted by molar-refractivity contribution is -0.122. The number of hydrogen-bond acceptors (Lipinski definition) is 3. The van der Waals surface area contributed by atoms with Crippen LogP contribution in [0.1, 0.15) is 61.9 Å². The van der Waals surface area contributed by atoms with Crippen molar-refractivity contribution in [2.24, 2.45) is 0 Å². The fourth-order valence-electron chi connectivity index (χ4n) is 3.39. The number of nitrogens with one attached hydrogen (secondary N) is 1. The maximum Gasteiger partial charge on any atom is 0.253 e. The number of benzene rings is 1. The third-order valence-electron chi connectivity index (χ3n) is 4.70. The minimum absolute atomic E-state index is 0.0702. The predicted octanol–water partition coefficient (Wildman–Crippen LogP) is 3.05. The molecule has 1 heterocycles. The number of likely N-dealkylation sites (tertiary alicyclic amines) is 1. The van der Waals surface area contributed by atoms with Crippen molar-refractivity contribution in [1.82, 2.24) is 15.1 Å². The first-order valence-corrected chi connectivity index (χ1v) is 10.0. The molecule has 1 aliphatic rings. The lowest BCUT2D eigenvalue weighted by Gasteiger charge is -2.27. The summed E-state index contributed by atoms with van der Waals surface area (Å²) < 4.78 is 0.